The average Bonchev–Trinajstić information content (AvgIpc) is 2.80. The Bertz CT molecular complexity index is 1080. The predicted molar refractivity (Wildman–Crippen MR) is 123 cm³/mol. The normalized spacial score (nSPS) is 14.6. The Morgan fingerprint density at radius 1 is 1.06 bits per heavy atom. The molecular formula is C22H27ClN2O6S. The highest BCUT2D eigenvalue weighted by Crippen LogP contribution is 2.36. The Balaban J connectivity index is 1.93. The number of sulfonamides is 1. The number of carbonyl (C=O) groups is 1. The Labute approximate surface area is 193 Å². The van der Waals surface area contributed by atoms with E-state index in [-0.39, 0.29) is 21.2 Å². The number of nitrogens with one attached hydrogen (secondary N) is 1. The highest BCUT2D eigenvalue weighted by atomic mass is 35.5. The van der Waals surface area contributed by atoms with Crippen molar-refractivity contribution in [3.05, 3.63) is 40.9 Å². The molecule has 0 unspecified atom stereocenters. The van der Waals surface area contributed by atoms with Crippen molar-refractivity contribution >= 4 is 33.2 Å². The van der Waals surface area contributed by atoms with Crippen LogP contribution in [0.3, 0.4) is 0 Å². The number of rotatable bonds is 8. The first-order chi connectivity index (χ1) is 15.3. The van der Waals surface area contributed by atoms with E-state index in [1.54, 1.807) is 19.1 Å². The minimum absolute atomic E-state index is 0.0318. The van der Waals surface area contributed by atoms with Crippen LogP contribution in [-0.4, -0.2) is 52.5 Å². The van der Waals surface area contributed by atoms with Gasteiger partial charge < -0.3 is 19.5 Å². The number of piperidine rings is 1. The van der Waals surface area contributed by atoms with E-state index < -0.39 is 15.9 Å². The molecular weight excluding hydrogens is 456 g/mol. The second kappa shape index (κ2) is 10.4. The van der Waals surface area contributed by atoms with Crippen LogP contribution in [0, 0.1) is 0 Å². The van der Waals surface area contributed by atoms with E-state index in [1.807, 2.05) is 0 Å². The first kappa shape index (κ1) is 24.2. The van der Waals surface area contributed by atoms with Gasteiger partial charge >= 0.3 is 0 Å². The molecule has 1 aliphatic rings. The summed E-state index contributed by atoms with van der Waals surface area (Å²) >= 11 is 6.20. The summed E-state index contributed by atoms with van der Waals surface area (Å²) in [5.74, 6) is 0.412. The topological polar surface area (TPSA) is 94.2 Å². The molecule has 2 aromatic rings. The molecule has 1 N–H and O–H groups in total. The van der Waals surface area contributed by atoms with Gasteiger partial charge in [-0.3, -0.25) is 4.79 Å². The predicted octanol–water partition coefficient (Wildman–Crippen LogP) is 4.18. The molecule has 0 radical (unpaired) electrons. The van der Waals surface area contributed by atoms with Gasteiger partial charge in [0.25, 0.3) is 5.91 Å². The molecule has 2 aromatic carbocycles. The number of ether oxygens (including phenoxy) is 3. The van der Waals surface area contributed by atoms with Crippen LogP contribution in [0.25, 0.3) is 0 Å². The fraction of sp³-hybridized carbons (Fsp3) is 0.409. The number of nitrogens with zero attached hydrogens (tertiary/aromatic N) is 1. The number of anilines is 1. The zero-order chi connectivity index (χ0) is 23.3. The van der Waals surface area contributed by atoms with Gasteiger partial charge in [-0.25, -0.2) is 8.42 Å². The first-order valence-corrected chi connectivity index (χ1v) is 12.1. The van der Waals surface area contributed by atoms with Crippen LogP contribution in [0.4, 0.5) is 5.69 Å². The van der Waals surface area contributed by atoms with E-state index in [4.69, 9.17) is 25.8 Å². The molecule has 0 aliphatic carbocycles. The third-order valence-corrected chi connectivity index (χ3v) is 7.33. The van der Waals surface area contributed by atoms with Crippen molar-refractivity contribution in [2.75, 3.05) is 39.2 Å². The van der Waals surface area contributed by atoms with E-state index in [9.17, 15) is 13.2 Å². The molecule has 0 atom stereocenters. The zero-order valence-corrected chi connectivity index (χ0v) is 19.9. The van der Waals surface area contributed by atoms with Gasteiger partial charge in [-0.05, 0) is 50.1 Å². The largest absolute Gasteiger partial charge is 0.493 e. The molecule has 0 saturated carbocycles. The summed E-state index contributed by atoms with van der Waals surface area (Å²) in [5.41, 5.74) is 0.557. The standard InChI is InChI=1S/C22H27ClN2O6S/c1-4-31-18-9-8-16(14-20(18)32(27,28)25-10-6-5-7-11-25)24-22(26)15-12-17(23)21(30-3)19(13-15)29-2/h8-9,12-14H,4-7,10-11H2,1-3H3,(H,24,26). The summed E-state index contributed by atoms with van der Waals surface area (Å²) in [6.07, 6.45) is 2.65. The maximum absolute atomic E-state index is 13.3. The van der Waals surface area contributed by atoms with E-state index >= 15 is 0 Å². The van der Waals surface area contributed by atoms with Crippen LogP contribution in [0.15, 0.2) is 35.2 Å². The zero-order valence-electron chi connectivity index (χ0n) is 18.3. The second-order valence-electron chi connectivity index (χ2n) is 7.21. The molecule has 0 bridgehead atoms. The van der Waals surface area contributed by atoms with Gasteiger partial charge in [-0.2, -0.15) is 4.31 Å². The van der Waals surface area contributed by atoms with Gasteiger partial charge in [-0.1, -0.05) is 18.0 Å². The van der Waals surface area contributed by atoms with Crippen LogP contribution in [-0.2, 0) is 10.0 Å². The van der Waals surface area contributed by atoms with Crippen molar-refractivity contribution in [2.24, 2.45) is 0 Å². The lowest BCUT2D eigenvalue weighted by Crippen LogP contribution is -2.35. The molecule has 32 heavy (non-hydrogen) atoms. The van der Waals surface area contributed by atoms with Gasteiger partial charge in [0, 0.05) is 24.3 Å². The minimum Gasteiger partial charge on any atom is -0.493 e. The van der Waals surface area contributed by atoms with E-state index in [1.165, 1.54) is 36.7 Å². The Hall–Kier alpha value is -2.49. The maximum Gasteiger partial charge on any atom is 0.255 e. The Kier molecular flexibility index (Phi) is 7.86. The number of hydrogen-bond acceptors (Lipinski definition) is 6. The van der Waals surface area contributed by atoms with Crippen LogP contribution in [0.2, 0.25) is 5.02 Å². The number of benzene rings is 2. The molecule has 1 saturated heterocycles. The monoisotopic (exact) mass is 482 g/mol. The molecule has 10 heteroatoms. The Morgan fingerprint density at radius 3 is 2.41 bits per heavy atom. The van der Waals surface area contributed by atoms with Crippen molar-refractivity contribution in [1.82, 2.24) is 4.31 Å². The molecule has 1 heterocycles. The fourth-order valence-electron chi connectivity index (χ4n) is 3.56. The Morgan fingerprint density at radius 2 is 1.78 bits per heavy atom. The smallest absolute Gasteiger partial charge is 0.255 e. The van der Waals surface area contributed by atoms with Crippen LogP contribution >= 0.6 is 11.6 Å². The molecule has 0 spiro atoms. The maximum atomic E-state index is 13.3. The van der Waals surface area contributed by atoms with Crippen LogP contribution in [0.1, 0.15) is 36.5 Å². The van der Waals surface area contributed by atoms with Crippen LogP contribution in [0.5, 0.6) is 17.2 Å². The van der Waals surface area contributed by atoms with Crippen LogP contribution < -0.4 is 19.5 Å². The van der Waals surface area contributed by atoms with Gasteiger partial charge in [0.05, 0.1) is 25.8 Å². The van der Waals surface area contributed by atoms with Gasteiger partial charge in [-0.15, -0.1) is 0 Å². The quantitative estimate of drug-likeness (QED) is 0.606. The molecule has 174 valence electrons. The van der Waals surface area contributed by atoms with Gasteiger partial charge in [0.1, 0.15) is 10.6 Å². The number of carbonyl (C=O) groups excluding carboxylic acids is 1. The van der Waals surface area contributed by atoms with Crippen molar-refractivity contribution in [3.63, 3.8) is 0 Å². The number of hydrogen-bond donors (Lipinski definition) is 1. The highest BCUT2D eigenvalue weighted by Gasteiger charge is 2.29. The third kappa shape index (κ3) is 5.11. The molecule has 1 aliphatic heterocycles. The summed E-state index contributed by atoms with van der Waals surface area (Å²) in [6.45, 7) is 3.04. The lowest BCUT2D eigenvalue weighted by atomic mass is 10.1. The summed E-state index contributed by atoms with van der Waals surface area (Å²) in [4.78, 5) is 12.9. The number of amides is 1. The van der Waals surface area contributed by atoms with Gasteiger partial charge in [0.15, 0.2) is 11.5 Å². The molecule has 0 aromatic heterocycles. The number of methoxy groups -OCH3 is 2. The lowest BCUT2D eigenvalue weighted by Gasteiger charge is -2.27. The summed E-state index contributed by atoms with van der Waals surface area (Å²) in [5, 5.41) is 2.95. The molecule has 8 nitrogen and oxygen atoms in total. The first-order valence-electron chi connectivity index (χ1n) is 10.3. The third-order valence-electron chi connectivity index (χ3n) is 5.13. The van der Waals surface area contributed by atoms with Crippen molar-refractivity contribution in [3.8, 4) is 17.2 Å². The molecule has 1 fully saturated rings. The second-order valence-corrected chi connectivity index (χ2v) is 9.52. The average molecular weight is 483 g/mol. The summed E-state index contributed by atoms with van der Waals surface area (Å²) in [6, 6.07) is 7.53. The summed E-state index contributed by atoms with van der Waals surface area (Å²) in [7, 11) is -0.868. The fourth-order valence-corrected chi connectivity index (χ4v) is 5.52. The van der Waals surface area contributed by atoms with Crippen molar-refractivity contribution in [1.29, 1.82) is 0 Å². The minimum atomic E-state index is -3.76. The lowest BCUT2D eigenvalue weighted by molar-refractivity contribution is 0.102. The van der Waals surface area contributed by atoms with Crippen molar-refractivity contribution in [2.45, 2.75) is 31.1 Å². The summed E-state index contributed by atoms with van der Waals surface area (Å²) < 4.78 is 44.0. The molecule has 3 rings (SSSR count). The number of halogens is 1. The molecule has 1 amide bonds. The SMILES string of the molecule is CCOc1ccc(NC(=O)c2cc(Cl)c(OC)c(OC)c2)cc1S(=O)(=O)N1CCCCC1. The van der Waals surface area contributed by atoms with Gasteiger partial charge in [0.2, 0.25) is 10.0 Å². The highest BCUT2D eigenvalue weighted by molar-refractivity contribution is 7.89. The van der Waals surface area contributed by atoms with Crippen molar-refractivity contribution < 1.29 is 27.4 Å². The van der Waals surface area contributed by atoms with E-state index in [0.717, 1.165) is 19.3 Å². The van der Waals surface area contributed by atoms with E-state index in [2.05, 4.69) is 5.32 Å². The van der Waals surface area contributed by atoms with E-state index in [0.29, 0.717) is 36.9 Å².